The highest BCUT2D eigenvalue weighted by Crippen LogP contribution is 2.19. The largest absolute Gasteiger partial charge is 0.289 e. The molecule has 0 atom stereocenters. The Labute approximate surface area is 178 Å². The summed E-state index contributed by atoms with van der Waals surface area (Å²) in [5.74, 6) is -0.397. The van der Waals surface area contributed by atoms with Gasteiger partial charge in [-0.2, -0.15) is 15.3 Å². The fourth-order valence-electron chi connectivity index (χ4n) is 2.99. The molecule has 150 valence electrons. The van der Waals surface area contributed by atoms with E-state index in [4.69, 9.17) is 11.6 Å². The van der Waals surface area contributed by atoms with E-state index in [9.17, 15) is 4.79 Å². The molecule has 0 aliphatic heterocycles. The van der Waals surface area contributed by atoms with Crippen LogP contribution >= 0.6 is 11.6 Å². The maximum atomic E-state index is 12.3. The number of nitrogens with one attached hydrogen (secondary N) is 2. The van der Waals surface area contributed by atoms with E-state index in [1.165, 1.54) is 6.21 Å². The van der Waals surface area contributed by atoms with Gasteiger partial charge in [0, 0.05) is 5.56 Å². The zero-order valence-electron chi connectivity index (χ0n) is 16.2. The highest BCUT2D eigenvalue weighted by molar-refractivity contribution is 6.32. The first-order valence-corrected chi connectivity index (χ1v) is 9.70. The number of nitrogens with zero attached hydrogens (tertiary/aromatic N) is 4. The van der Waals surface area contributed by atoms with Crippen molar-refractivity contribution in [2.24, 2.45) is 5.10 Å². The van der Waals surface area contributed by atoms with Crippen LogP contribution in [-0.2, 0) is 6.54 Å². The summed E-state index contributed by atoms with van der Waals surface area (Å²) in [6, 6.07) is 21.2. The highest BCUT2D eigenvalue weighted by atomic mass is 35.5. The molecule has 0 spiro atoms. The number of halogens is 1. The Morgan fingerprint density at radius 1 is 1.17 bits per heavy atom. The molecule has 4 aromatic rings. The van der Waals surface area contributed by atoms with Crippen LogP contribution in [0.5, 0.6) is 0 Å². The molecule has 7 nitrogen and oxygen atoms in total. The molecule has 1 amide bonds. The number of aromatic amines is 1. The highest BCUT2D eigenvalue weighted by Gasteiger charge is 2.13. The molecule has 8 heteroatoms. The molecule has 0 saturated carbocycles. The molecule has 0 saturated heterocycles. The average Bonchev–Trinajstić information content (AvgIpc) is 3.36. The van der Waals surface area contributed by atoms with Crippen molar-refractivity contribution >= 4 is 23.7 Å². The van der Waals surface area contributed by atoms with E-state index in [0.29, 0.717) is 28.6 Å². The lowest BCUT2D eigenvalue weighted by atomic mass is 10.1. The normalized spacial score (nSPS) is 11.1. The summed E-state index contributed by atoms with van der Waals surface area (Å²) in [6.45, 7) is 2.40. The number of H-pyrrole nitrogens is 1. The van der Waals surface area contributed by atoms with E-state index < -0.39 is 5.91 Å². The molecule has 2 N–H and O–H groups in total. The van der Waals surface area contributed by atoms with Gasteiger partial charge in [0.25, 0.3) is 5.91 Å². The Balaban J connectivity index is 1.43. The predicted octanol–water partition coefficient (Wildman–Crippen LogP) is 4.05. The lowest BCUT2D eigenvalue weighted by Crippen LogP contribution is -2.18. The zero-order chi connectivity index (χ0) is 20.9. The maximum absolute atomic E-state index is 12.3. The third-order valence-corrected chi connectivity index (χ3v) is 4.94. The van der Waals surface area contributed by atoms with Crippen molar-refractivity contribution in [1.29, 1.82) is 0 Å². The van der Waals surface area contributed by atoms with Gasteiger partial charge >= 0.3 is 0 Å². The lowest BCUT2D eigenvalue weighted by Gasteiger charge is -2.03. The van der Waals surface area contributed by atoms with Crippen LogP contribution in [0.3, 0.4) is 0 Å². The van der Waals surface area contributed by atoms with Gasteiger partial charge in [-0.15, -0.1) is 0 Å². The van der Waals surface area contributed by atoms with Crippen LogP contribution in [0.25, 0.3) is 11.3 Å². The minimum atomic E-state index is -0.397. The molecule has 2 aromatic carbocycles. The third-order valence-electron chi connectivity index (χ3n) is 4.54. The minimum absolute atomic E-state index is 0.314. The van der Waals surface area contributed by atoms with E-state index in [1.807, 2.05) is 67.6 Å². The van der Waals surface area contributed by atoms with Crippen LogP contribution in [0.4, 0.5) is 0 Å². The number of hydrogen-bond donors (Lipinski definition) is 2. The van der Waals surface area contributed by atoms with E-state index in [0.717, 1.165) is 16.8 Å². The Bertz CT molecular complexity index is 1180. The summed E-state index contributed by atoms with van der Waals surface area (Å²) in [6.07, 6.45) is 1.50. The molecular weight excluding hydrogens is 400 g/mol. The minimum Gasteiger partial charge on any atom is -0.272 e. The first-order chi connectivity index (χ1) is 14.6. The van der Waals surface area contributed by atoms with Crippen molar-refractivity contribution in [3.8, 4) is 11.3 Å². The Hall–Kier alpha value is -3.71. The van der Waals surface area contributed by atoms with Gasteiger partial charge < -0.3 is 0 Å². The number of amides is 1. The molecule has 30 heavy (non-hydrogen) atoms. The van der Waals surface area contributed by atoms with Crippen LogP contribution in [0.2, 0.25) is 5.15 Å². The average molecular weight is 419 g/mol. The van der Waals surface area contributed by atoms with Crippen molar-refractivity contribution in [3.05, 3.63) is 94.4 Å². The summed E-state index contributed by atoms with van der Waals surface area (Å²) in [5, 5.41) is 15.9. The van der Waals surface area contributed by atoms with Gasteiger partial charge in [-0.05, 0) is 18.6 Å². The van der Waals surface area contributed by atoms with Crippen LogP contribution < -0.4 is 5.43 Å². The SMILES string of the molecule is Cc1nn(Cc2ccccc2)c(Cl)c1/C=N/NC(=O)c1cc(-c2ccccc2)n[nH]1. The van der Waals surface area contributed by atoms with E-state index in [1.54, 1.807) is 10.7 Å². The first kappa shape index (κ1) is 19.6. The number of carbonyl (C=O) groups excluding carboxylic acids is 1. The van der Waals surface area contributed by atoms with Gasteiger partial charge in [0.05, 0.1) is 29.7 Å². The number of aryl methyl sites for hydroxylation is 1. The van der Waals surface area contributed by atoms with E-state index in [2.05, 4.69) is 25.8 Å². The van der Waals surface area contributed by atoms with Gasteiger partial charge in [0.1, 0.15) is 10.8 Å². The van der Waals surface area contributed by atoms with Gasteiger partial charge in [0.15, 0.2) is 0 Å². The van der Waals surface area contributed by atoms with Crippen LogP contribution in [0, 0.1) is 6.92 Å². The Morgan fingerprint density at radius 3 is 2.60 bits per heavy atom. The second kappa shape index (κ2) is 8.75. The van der Waals surface area contributed by atoms with Gasteiger partial charge in [0.2, 0.25) is 0 Å². The summed E-state index contributed by atoms with van der Waals surface area (Å²) in [7, 11) is 0. The van der Waals surface area contributed by atoms with Crippen LogP contribution in [0.15, 0.2) is 71.8 Å². The fraction of sp³-hybridized carbons (Fsp3) is 0.0909. The molecule has 0 fully saturated rings. The molecule has 2 aromatic heterocycles. The third kappa shape index (κ3) is 4.31. The predicted molar refractivity (Wildman–Crippen MR) is 117 cm³/mol. The van der Waals surface area contributed by atoms with Crippen LogP contribution in [-0.4, -0.2) is 32.1 Å². The monoisotopic (exact) mass is 418 g/mol. The molecular formula is C22H19ClN6O. The zero-order valence-corrected chi connectivity index (χ0v) is 17.0. The quantitative estimate of drug-likeness (QED) is 0.366. The van der Waals surface area contributed by atoms with Crippen molar-refractivity contribution in [2.75, 3.05) is 0 Å². The van der Waals surface area contributed by atoms with Crippen molar-refractivity contribution < 1.29 is 4.79 Å². The molecule has 0 unspecified atom stereocenters. The van der Waals surface area contributed by atoms with Gasteiger partial charge in [-0.1, -0.05) is 72.3 Å². The molecule has 4 rings (SSSR count). The topological polar surface area (TPSA) is 88.0 Å². The maximum Gasteiger partial charge on any atom is 0.289 e. The van der Waals surface area contributed by atoms with Crippen molar-refractivity contribution in [2.45, 2.75) is 13.5 Å². The molecule has 0 aliphatic rings. The van der Waals surface area contributed by atoms with Crippen molar-refractivity contribution in [1.82, 2.24) is 25.4 Å². The van der Waals surface area contributed by atoms with Crippen molar-refractivity contribution in [3.63, 3.8) is 0 Å². The lowest BCUT2D eigenvalue weighted by molar-refractivity contribution is 0.0950. The number of carbonyl (C=O) groups is 1. The molecule has 0 radical (unpaired) electrons. The number of hydrazone groups is 1. The number of rotatable bonds is 6. The van der Waals surface area contributed by atoms with Crippen LogP contribution in [0.1, 0.15) is 27.3 Å². The van der Waals surface area contributed by atoms with Gasteiger partial charge in [-0.3, -0.25) is 9.89 Å². The molecule has 2 heterocycles. The van der Waals surface area contributed by atoms with E-state index in [-0.39, 0.29) is 0 Å². The number of aromatic nitrogens is 4. The summed E-state index contributed by atoms with van der Waals surface area (Å²) in [5.41, 5.74) is 6.88. The molecule has 0 aliphatic carbocycles. The molecule has 0 bridgehead atoms. The Kier molecular flexibility index (Phi) is 5.72. The summed E-state index contributed by atoms with van der Waals surface area (Å²) >= 11 is 6.46. The summed E-state index contributed by atoms with van der Waals surface area (Å²) in [4.78, 5) is 12.3. The van der Waals surface area contributed by atoms with E-state index >= 15 is 0 Å². The number of benzene rings is 2. The second-order valence-corrected chi connectivity index (χ2v) is 7.02. The smallest absolute Gasteiger partial charge is 0.272 e. The second-order valence-electron chi connectivity index (χ2n) is 6.67. The summed E-state index contributed by atoms with van der Waals surface area (Å²) < 4.78 is 1.70. The van der Waals surface area contributed by atoms with Gasteiger partial charge in [-0.25, -0.2) is 10.1 Å². The Morgan fingerprint density at radius 2 is 1.87 bits per heavy atom. The fourth-order valence-corrected chi connectivity index (χ4v) is 3.27. The number of hydrogen-bond acceptors (Lipinski definition) is 4. The first-order valence-electron chi connectivity index (χ1n) is 9.33. The standard InChI is InChI=1S/C22H19ClN6O/c1-15-18(21(23)29(28-15)14-16-8-4-2-5-9-16)13-24-27-22(30)20-12-19(25-26-20)17-10-6-3-7-11-17/h2-13H,14H2,1H3,(H,25,26)(H,27,30)/b24-13+.